The normalized spacial score (nSPS) is 15.3. The highest BCUT2D eigenvalue weighted by Crippen LogP contribution is 2.20. The van der Waals surface area contributed by atoms with Gasteiger partial charge in [-0.05, 0) is 18.4 Å². The van der Waals surface area contributed by atoms with E-state index in [1.54, 1.807) is 0 Å². The van der Waals surface area contributed by atoms with Crippen LogP contribution in [0.5, 0.6) is 0 Å². The molecule has 184 valence electrons. The van der Waals surface area contributed by atoms with E-state index in [1.165, 1.54) is 5.56 Å². The average Bonchev–Trinajstić information content (AvgIpc) is 3.31. The number of aryl methyl sites for hydroxylation is 1. The van der Waals surface area contributed by atoms with E-state index in [0.29, 0.717) is 50.9 Å². The Morgan fingerprint density at radius 1 is 1.00 bits per heavy atom. The lowest BCUT2D eigenvalue weighted by Crippen LogP contribution is -2.51. The second-order valence-corrected chi connectivity index (χ2v) is 9.49. The lowest BCUT2D eigenvalue weighted by atomic mass is 10.0. The number of piperazine rings is 1. The molecule has 4 rings (SSSR count). The van der Waals surface area contributed by atoms with E-state index in [-0.39, 0.29) is 17.7 Å². The van der Waals surface area contributed by atoms with Crippen LogP contribution in [0.25, 0.3) is 11.4 Å². The molecule has 0 bridgehead atoms. The van der Waals surface area contributed by atoms with Gasteiger partial charge in [0, 0.05) is 38.2 Å². The summed E-state index contributed by atoms with van der Waals surface area (Å²) in [5.74, 6) is 1.18. The summed E-state index contributed by atoms with van der Waals surface area (Å²) in [6, 6.07) is 16.8. The predicted octanol–water partition coefficient (Wildman–Crippen LogP) is 3.59. The van der Waals surface area contributed by atoms with Crippen LogP contribution < -0.4 is 5.32 Å². The molecule has 2 heterocycles. The first-order chi connectivity index (χ1) is 16.9. The Balaban J connectivity index is 1.35. The molecule has 1 aliphatic rings. The standard InChI is InChI=1S/C27H33N5O3/c1-19(2)17-23(33)28-25(21-7-5-4-6-8-21)27(34)32-15-13-31(14-16-32)18-24-29-26(30-35-24)22-11-9-20(3)10-12-22/h4-12,19,25H,13-18H2,1-3H3,(H,28,33). The number of rotatable bonds is 8. The summed E-state index contributed by atoms with van der Waals surface area (Å²) >= 11 is 0. The predicted molar refractivity (Wildman–Crippen MR) is 133 cm³/mol. The minimum atomic E-state index is -0.679. The topological polar surface area (TPSA) is 91.6 Å². The molecule has 0 aliphatic carbocycles. The van der Waals surface area contributed by atoms with Gasteiger partial charge in [-0.15, -0.1) is 0 Å². The van der Waals surface area contributed by atoms with Crippen LogP contribution in [0, 0.1) is 12.8 Å². The number of carbonyl (C=O) groups is 2. The molecule has 8 heteroatoms. The molecule has 2 amide bonds. The van der Waals surface area contributed by atoms with Crippen molar-refractivity contribution in [3.63, 3.8) is 0 Å². The van der Waals surface area contributed by atoms with Crippen LogP contribution in [0.3, 0.4) is 0 Å². The van der Waals surface area contributed by atoms with Gasteiger partial charge in [-0.1, -0.05) is 79.2 Å². The van der Waals surface area contributed by atoms with Gasteiger partial charge in [0.05, 0.1) is 6.54 Å². The van der Waals surface area contributed by atoms with Gasteiger partial charge in [0.2, 0.25) is 23.5 Å². The Hall–Kier alpha value is -3.52. The minimum absolute atomic E-state index is 0.0765. The maximum Gasteiger partial charge on any atom is 0.249 e. The molecule has 2 aromatic carbocycles. The van der Waals surface area contributed by atoms with Crippen molar-refractivity contribution < 1.29 is 14.1 Å². The third kappa shape index (κ3) is 6.54. The molecule has 0 saturated carbocycles. The molecule has 1 atom stereocenters. The average molecular weight is 476 g/mol. The summed E-state index contributed by atoms with van der Waals surface area (Å²) in [4.78, 5) is 34.5. The lowest BCUT2D eigenvalue weighted by Gasteiger charge is -2.36. The zero-order valence-corrected chi connectivity index (χ0v) is 20.6. The van der Waals surface area contributed by atoms with Crippen molar-refractivity contribution in [2.24, 2.45) is 5.92 Å². The van der Waals surface area contributed by atoms with Crippen molar-refractivity contribution in [2.45, 2.75) is 39.8 Å². The first-order valence-electron chi connectivity index (χ1n) is 12.1. The van der Waals surface area contributed by atoms with E-state index in [4.69, 9.17) is 4.52 Å². The fraction of sp³-hybridized carbons (Fsp3) is 0.407. The molecule has 1 saturated heterocycles. The van der Waals surface area contributed by atoms with E-state index in [2.05, 4.69) is 20.4 Å². The highest BCUT2D eigenvalue weighted by Gasteiger charge is 2.30. The van der Waals surface area contributed by atoms with Crippen LogP contribution in [0.2, 0.25) is 0 Å². The molecule has 1 aliphatic heterocycles. The SMILES string of the molecule is Cc1ccc(-c2noc(CN3CCN(C(=O)C(NC(=O)CC(C)C)c4ccccc4)CC3)n2)cc1. The Labute approximate surface area is 206 Å². The zero-order chi connectivity index (χ0) is 24.8. The summed E-state index contributed by atoms with van der Waals surface area (Å²) in [6.07, 6.45) is 0.388. The molecule has 1 N–H and O–H groups in total. The molecular formula is C27H33N5O3. The second-order valence-electron chi connectivity index (χ2n) is 9.49. The van der Waals surface area contributed by atoms with E-state index < -0.39 is 6.04 Å². The van der Waals surface area contributed by atoms with Crippen LogP contribution >= 0.6 is 0 Å². The number of nitrogens with one attached hydrogen (secondary N) is 1. The van der Waals surface area contributed by atoms with Crippen molar-refractivity contribution in [3.8, 4) is 11.4 Å². The van der Waals surface area contributed by atoms with Gasteiger partial charge in [0.25, 0.3) is 0 Å². The third-order valence-electron chi connectivity index (χ3n) is 6.10. The van der Waals surface area contributed by atoms with Gasteiger partial charge in [-0.2, -0.15) is 4.98 Å². The number of amides is 2. The molecule has 8 nitrogen and oxygen atoms in total. The molecule has 1 aromatic heterocycles. The van der Waals surface area contributed by atoms with Gasteiger partial charge in [-0.3, -0.25) is 14.5 Å². The highest BCUT2D eigenvalue weighted by atomic mass is 16.5. The van der Waals surface area contributed by atoms with Gasteiger partial charge >= 0.3 is 0 Å². The maximum absolute atomic E-state index is 13.4. The van der Waals surface area contributed by atoms with Gasteiger partial charge in [0.1, 0.15) is 6.04 Å². The van der Waals surface area contributed by atoms with Crippen molar-refractivity contribution in [2.75, 3.05) is 26.2 Å². The first-order valence-corrected chi connectivity index (χ1v) is 12.1. The second kappa shape index (κ2) is 11.3. The van der Waals surface area contributed by atoms with Crippen molar-refractivity contribution in [1.29, 1.82) is 0 Å². The van der Waals surface area contributed by atoms with Crippen LogP contribution in [0.15, 0.2) is 59.1 Å². The molecule has 3 aromatic rings. The largest absolute Gasteiger partial charge is 0.341 e. The van der Waals surface area contributed by atoms with E-state index >= 15 is 0 Å². The molecule has 0 radical (unpaired) electrons. The summed E-state index contributed by atoms with van der Waals surface area (Å²) in [6.45, 7) is 9.08. The molecule has 1 fully saturated rings. The summed E-state index contributed by atoms with van der Waals surface area (Å²) < 4.78 is 5.47. The van der Waals surface area contributed by atoms with Crippen molar-refractivity contribution in [1.82, 2.24) is 25.3 Å². The van der Waals surface area contributed by atoms with Gasteiger partial charge < -0.3 is 14.7 Å². The molecule has 1 unspecified atom stereocenters. The van der Waals surface area contributed by atoms with Crippen molar-refractivity contribution in [3.05, 3.63) is 71.6 Å². The van der Waals surface area contributed by atoms with Crippen LogP contribution in [-0.2, 0) is 16.1 Å². The number of aromatic nitrogens is 2. The lowest BCUT2D eigenvalue weighted by molar-refractivity contribution is -0.138. The van der Waals surface area contributed by atoms with E-state index in [9.17, 15) is 9.59 Å². The fourth-order valence-corrected chi connectivity index (χ4v) is 4.16. The van der Waals surface area contributed by atoms with Crippen LogP contribution in [0.4, 0.5) is 0 Å². The number of nitrogens with zero attached hydrogens (tertiary/aromatic N) is 4. The number of carbonyl (C=O) groups excluding carboxylic acids is 2. The van der Waals surface area contributed by atoms with E-state index in [0.717, 1.165) is 11.1 Å². The van der Waals surface area contributed by atoms with Crippen LogP contribution in [0.1, 0.15) is 43.3 Å². The highest BCUT2D eigenvalue weighted by molar-refractivity contribution is 5.88. The summed E-state index contributed by atoms with van der Waals surface area (Å²) in [5.41, 5.74) is 2.90. The summed E-state index contributed by atoms with van der Waals surface area (Å²) in [5, 5.41) is 7.07. The smallest absolute Gasteiger partial charge is 0.249 e. The van der Waals surface area contributed by atoms with E-state index in [1.807, 2.05) is 80.3 Å². The number of hydrogen-bond acceptors (Lipinski definition) is 6. The molecule has 35 heavy (non-hydrogen) atoms. The Morgan fingerprint density at radius 2 is 1.69 bits per heavy atom. The zero-order valence-electron chi connectivity index (χ0n) is 20.6. The quantitative estimate of drug-likeness (QED) is 0.535. The van der Waals surface area contributed by atoms with Gasteiger partial charge in [-0.25, -0.2) is 0 Å². The number of hydrogen-bond donors (Lipinski definition) is 1. The molecular weight excluding hydrogens is 442 g/mol. The van der Waals surface area contributed by atoms with Crippen LogP contribution in [-0.4, -0.2) is 57.9 Å². The number of benzene rings is 2. The Morgan fingerprint density at radius 3 is 2.34 bits per heavy atom. The molecule has 0 spiro atoms. The minimum Gasteiger partial charge on any atom is -0.341 e. The monoisotopic (exact) mass is 475 g/mol. The third-order valence-corrected chi connectivity index (χ3v) is 6.10. The first kappa shape index (κ1) is 24.6. The van der Waals surface area contributed by atoms with Gasteiger partial charge in [0.15, 0.2) is 0 Å². The fourth-order valence-electron chi connectivity index (χ4n) is 4.16. The summed E-state index contributed by atoms with van der Waals surface area (Å²) in [7, 11) is 0. The Kier molecular flexibility index (Phi) is 7.92. The Bertz CT molecular complexity index is 1120. The maximum atomic E-state index is 13.4. The van der Waals surface area contributed by atoms with Crippen molar-refractivity contribution >= 4 is 11.8 Å².